The molecule has 0 heterocycles. The molecule has 3 heteroatoms. The molecule has 0 amide bonds. The van der Waals surface area contributed by atoms with Gasteiger partial charge in [-0.3, -0.25) is 4.79 Å². The summed E-state index contributed by atoms with van der Waals surface area (Å²) in [6, 6.07) is 20.8. The molecule has 2 rings (SSSR count). The minimum Gasteiger partial charge on any atom is -0.468 e. The van der Waals surface area contributed by atoms with E-state index in [-0.39, 0.29) is 24.5 Å². The van der Waals surface area contributed by atoms with Crippen LogP contribution >= 0.6 is 0 Å². The van der Waals surface area contributed by atoms with Crippen LogP contribution in [0.1, 0.15) is 24.0 Å². The molecule has 1 atom stereocenters. The van der Waals surface area contributed by atoms with Crippen molar-refractivity contribution in [3.63, 3.8) is 0 Å². The van der Waals surface area contributed by atoms with E-state index < -0.39 is 0 Å². The number of nitrogens with one attached hydrogen (secondary N) is 1. The molecule has 0 fully saturated rings. The van der Waals surface area contributed by atoms with Crippen molar-refractivity contribution in [1.29, 1.82) is 0 Å². The first-order valence-corrected chi connectivity index (χ1v) is 7.12. The zero-order valence-corrected chi connectivity index (χ0v) is 12.5. The molecular weight excluding hydrogens is 262 g/mol. The van der Waals surface area contributed by atoms with Crippen LogP contribution in [0.25, 0.3) is 0 Å². The number of hydrogen-bond donors (Lipinski definition) is 1. The van der Waals surface area contributed by atoms with Gasteiger partial charge in [0.25, 0.3) is 0 Å². The second-order valence-electron chi connectivity index (χ2n) is 5.04. The zero-order chi connectivity index (χ0) is 15.1. The van der Waals surface area contributed by atoms with Gasteiger partial charge in [0.05, 0.1) is 13.7 Å². The molecule has 0 radical (unpaired) electrons. The highest BCUT2D eigenvalue weighted by Gasteiger charge is 2.21. The third kappa shape index (κ3) is 4.17. The largest absolute Gasteiger partial charge is 0.468 e. The number of ether oxygens (including phenoxy) is 1. The molecule has 0 spiro atoms. The molecule has 1 unspecified atom stereocenters. The van der Waals surface area contributed by atoms with Crippen LogP contribution in [-0.4, -0.2) is 25.7 Å². The van der Waals surface area contributed by atoms with E-state index in [9.17, 15) is 4.79 Å². The van der Waals surface area contributed by atoms with Gasteiger partial charge < -0.3 is 10.1 Å². The summed E-state index contributed by atoms with van der Waals surface area (Å²) >= 11 is 0. The van der Waals surface area contributed by atoms with Crippen LogP contribution in [0.4, 0.5) is 0 Å². The number of methoxy groups -OCH3 is 1. The Balaban J connectivity index is 2.22. The van der Waals surface area contributed by atoms with Crippen molar-refractivity contribution in [2.75, 3.05) is 13.7 Å². The molecule has 21 heavy (non-hydrogen) atoms. The van der Waals surface area contributed by atoms with E-state index in [1.165, 1.54) is 18.2 Å². The smallest absolute Gasteiger partial charge is 0.319 e. The average Bonchev–Trinajstić information content (AvgIpc) is 2.55. The van der Waals surface area contributed by atoms with Crippen molar-refractivity contribution in [2.45, 2.75) is 18.9 Å². The van der Waals surface area contributed by atoms with Crippen molar-refractivity contribution in [2.24, 2.45) is 0 Å². The van der Waals surface area contributed by atoms with Crippen LogP contribution in [0.3, 0.4) is 0 Å². The highest BCUT2D eigenvalue weighted by Crippen LogP contribution is 2.27. The van der Waals surface area contributed by atoms with Gasteiger partial charge in [0.15, 0.2) is 0 Å². The summed E-state index contributed by atoms with van der Waals surface area (Å²) in [6.45, 7) is 2.31. The predicted molar refractivity (Wildman–Crippen MR) is 84.2 cm³/mol. The third-order valence-electron chi connectivity index (χ3n) is 3.61. The lowest BCUT2D eigenvalue weighted by atomic mass is 9.86. The number of carbonyl (C=O) groups excluding carboxylic acids is 1. The van der Waals surface area contributed by atoms with Crippen molar-refractivity contribution in [1.82, 2.24) is 5.32 Å². The monoisotopic (exact) mass is 283 g/mol. The fraction of sp³-hybridized carbons (Fsp3) is 0.278. The molecular formula is C18H21NO2. The van der Waals surface area contributed by atoms with Gasteiger partial charge in [-0.05, 0) is 18.1 Å². The predicted octanol–water partition coefficient (Wildman–Crippen LogP) is 2.97. The summed E-state index contributed by atoms with van der Waals surface area (Å²) in [5.41, 5.74) is 2.46. The number of rotatable bonds is 6. The average molecular weight is 283 g/mol. The second-order valence-corrected chi connectivity index (χ2v) is 5.04. The van der Waals surface area contributed by atoms with Crippen molar-refractivity contribution >= 4 is 5.97 Å². The topological polar surface area (TPSA) is 38.3 Å². The molecule has 0 aliphatic carbocycles. The molecule has 0 aliphatic rings. The number of carbonyl (C=O) groups is 1. The van der Waals surface area contributed by atoms with Crippen molar-refractivity contribution in [3.8, 4) is 0 Å². The summed E-state index contributed by atoms with van der Waals surface area (Å²) in [4.78, 5) is 11.3. The van der Waals surface area contributed by atoms with Gasteiger partial charge in [0.2, 0.25) is 0 Å². The van der Waals surface area contributed by atoms with Gasteiger partial charge in [0, 0.05) is 12.0 Å². The molecule has 0 aromatic heterocycles. The van der Waals surface area contributed by atoms with Gasteiger partial charge in [-0.2, -0.15) is 0 Å². The van der Waals surface area contributed by atoms with E-state index in [1.807, 2.05) is 36.4 Å². The molecule has 0 saturated heterocycles. The van der Waals surface area contributed by atoms with E-state index >= 15 is 0 Å². The van der Waals surface area contributed by atoms with Crippen LogP contribution in [0.5, 0.6) is 0 Å². The molecule has 2 aromatic carbocycles. The SMILES string of the molecule is COC(=O)CNC(C)C(c1ccccc1)c1ccccc1. The lowest BCUT2D eigenvalue weighted by molar-refractivity contribution is -0.139. The van der Waals surface area contributed by atoms with Crippen LogP contribution in [0.2, 0.25) is 0 Å². The van der Waals surface area contributed by atoms with Crippen LogP contribution in [0.15, 0.2) is 60.7 Å². The maximum atomic E-state index is 11.3. The van der Waals surface area contributed by atoms with Gasteiger partial charge in [-0.1, -0.05) is 60.7 Å². The summed E-state index contributed by atoms with van der Waals surface area (Å²) in [5.74, 6) is -0.0567. The first-order chi connectivity index (χ1) is 10.2. The van der Waals surface area contributed by atoms with Gasteiger partial charge >= 0.3 is 5.97 Å². The van der Waals surface area contributed by atoms with E-state index in [2.05, 4.69) is 36.5 Å². The summed E-state index contributed by atoms with van der Waals surface area (Å²) in [7, 11) is 1.40. The molecule has 2 aromatic rings. The lowest BCUT2D eigenvalue weighted by Gasteiger charge is -2.25. The Morgan fingerprint density at radius 2 is 1.48 bits per heavy atom. The quantitative estimate of drug-likeness (QED) is 0.828. The van der Waals surface area contributed by atoms with Crippen LogP contribution in [-0.2, 0) is 9.53 Å². The Morgan fingerprint density at radius 3 is 1.90 bits per heavy atom. The van der Waals surface area contributed by atoms with Crippen LogP contribution < -0.4 is 5.32 Å². The summed E-state index contributed by atoms with van der Waals surface area (Å²) in [5, 5.41) is 3.26. The summed E-state index contributed by atoms with van der Waals surface area (Å²) in [6.07, 6.45) is 0. The number of esters is 1. The van der Waals surface area contributed by atoms with E-state index in [0.717, 1.165) is 0 Å². The third-order valence-corrected chi connectivity index (χ3v) is 3.61. The van der Waals surface area contributed by atoms with E-state index in [0.29, 0.717) is 0 Å². The minimum atomic E-state index is -0.248. The molecule has 0 bridgehead atoms. The molecule has 3 nitrogen and oxygen atoms in total. The molecule has 0 aliphatic heterocycles. The van der Waals surface area contributed by atoms with E-state index in [4.69, 9.17) is 4.74 Å². The van der Waals surface area contributed by atoms with E-state index in [1.54, 1.807) is 0 Å². The normalized spacial score (nSPS) is 12.1. The van der Waals surface area contributed by atoms with Gasteiger partial charge in [-0.25, -0.2) is 0 Å². The molecule has 110 valence electrons. The highest BCUT2D eigenvalue weighted by atomic mass is 16.5. The number of hydrogen-bond acceptors (Lipinski definition) is 3. The summed E-state index contributed by atoms with van der Waals surface area (Å²) < 4.78 is 4.69. The maximum Gasteiger partial charge on any atom is 0.319 e. The fourth-order valence-electron chi connectivity index (χ4n) is 2.52. The van der Waals surface area contributed by atoms with Crippen molar-refractivity contribution in [3.05, 3.63) is 71.8 Å². The Labute approximate surface area is 126 Å². The van der Waals surface area contributed by atoms with Crippen molar-refractivity contribution < 1.29 is 9.53 Å². The Hall–Kier alpha value is -2.13. The van der Waals surface area contributed by atoms with Gasteiger partial charge in [-0.15, -0.1) is 0 Å². The lowest BCUT2D eigenvalue weighted by Crippen LogP contribution is -2.36. The maximum absolute atomic E-state index is 11.3. The highest BCUT2D eigenvalue weighted by molar-refractivity contribution is 5.71. The fourth-order valence-corrected chi connectivity index (χ4v) is 2.52. The Kier molecular flexibility index (Phi) is 5.52. The Morgan fingerprint density at radius 1 is 1.00 bits per heavy atom. The number of benzene rings is 2. The molecule has 1 N–H and O–H groups in total. The van der Waals surface area contributed by atoms with Gasteiger partial charge in [0.1, 0.15) is 0 Å². The second kappa shape index (κ2) is 7.60. The Bertz CT molecular complexity index is 514. The minimum absolute atomic E-state index is 0.119. The van der Waals surface area contributed by atoms with Crippen LogP contribution in [0, 0.1) is 0 Å². The zero-order valence-electron chi connectivity index (χ0n) is 12.5. The molecule has 0 saturated carbocycles. The first-order valence-electron chi connectivity index (χ1n) is 7.12. The standard InChI is InChI=1S/C18H21NO2/c1-14(19-13-17(20)21-2)18(15-9-5-3-6-10-15)16-11-7-4-8-12-16/h3-12,14,18-19H,13H2,1-2H3. The first kappa shape index (κ1) is 15.3.